The normalized spacial score (nSPS) is 10.8. The van der Waals surface area contributed by atoms with Gasteiger partial charge in [0.25, 0.3) is 0 Å². The minimum absolute atomic E-state index is 0.112. The van der Waals surface area contributed by atoms with E-state index in [4.69, 9.17) is 14.5 Å². The highest BCUT2D eigenvalue weighted by Crippen LogP contribution is 2.26. The molecule has 0 bridgehead atoms. The van der Waals surface area contributed by atoms with Crippen LogP contribution in [0.15, 0.2) is 54.7 Å². The van der Waals surface area contributed by atoms with Gasteiger partial charge in [-0.2, -0.15) is 9.78 Å². The maximum absolute atomic E-state index is 12.9. The van der Waals surface area contributed by atoms with Gasteiger partial charge in [0.1, 0.15) is 11.3 Å². The lowest BCUT2D eigenvalue weighted by molar-refractivity contribution is -0.115. The van der Waals surface area contributed by atoms with Crippen molar-refractivity contribution in [3.8, 4) is 11.6 Å². The first-order valence-corrected chi connectivity index (χ1v) is 11.0. The van der Waals surface area contributed by atoms with Gasteiger partial charge in [0, 0.05) is 5.39 Å². The van der Waals surface area contributed by atoms with Crippen molar-refractivity contribution in [2.45, 2.75) is 27.2 Å². The molecule has 0 aliphatic rings. The first kappa shape index (κ1) is 23.0. The molecular weight excluding hydrogens is 432 g/mol. The van der Waals surface area contributed by atoms with Crippen molar-refractivity contribution in [2.24, 2.45) is 0 Å². The van der Waals surface area contributed by atoms with Gasteiger partial charge >= 0.3 is 5.97 Å². The molecule has 2 aromatic carbocycles. The smallest absolute Gasteiger partial charge is 0.343 e. The maximum atomic E-state index is 12.9. The molecule has 0 atom stereocenters. The van der Waals surface area contributed by atoms with Crippen LogP contribution in [0.5, 0.6) is 5.75 Å². The number of anilines is 1. The number of nitrogens with zero attached hydrogens (tertiary/aromatic N) is 3. The van der Waals surface area contributed by atoms with Crippen molar-refractivity contribution in [3.05, 3.63) is 77.0 Å². The summed E-state index contributed by atoms with van der Waals surface area (Å²) < 4.78 is 11.8. The molecule has 0 aliphatic heterocycles. The van der Waals surface area contributed by atoms with Crippen LogP contribution in [0.1, 0.15) is 34.0 Å². The third-order valence-electron chi connectivity index (χ3n) is 5.50. The van der Waals surface area contributed by atoms with E-state index in [-0.39, 0.29) is 30.3 Å². The van der Waals surface area contributed by atoms with Crippen LogP contribution in [0.4, 0.5) is 5.82 Å². The van der Waals surface area contributed by atoms with E-state index in [2.05, 4.69) is 10.4 Å². The van der Waals surface area contributed by atoms with Crippen molar-refractivity contribution in [2.75, 3.05) is 19.0 Å². The van der Waals surface area contributed by atoms with Crippen molar-refractivity contribution < 1.29 is 19.1 Å². The maximum Gasteiger partial charge on any atom is 0.343 e. The van der Waals surface area contributed by atoms with Gasteiger partial charge in [-0.1, -0.05) is 30.3 Å². The zero-order chi connectivity index (χ0) is 24.2. The Kier molecular flexibility index (Phi) is 6.58. The minimum atomic E-state index is -0.567. The van der Waals surface area contributed by atoms with Gasteiger partial charge in [-0.15, -0.1) is 0 Å². The molecule has 0 unspecified atom stereocenters. The van der Waals surface area contributed by atoms with Gasteiger partial charge in [-0.25, -0.2) is 9.78 Å². The van der Waals surface area contributed by atoms with Gasteiger partial charge in [0.15, 0.2) is 11.6 Å². The highest BCUT2D eigenvalue weighted by atomic mass is 16.5. The van der Waals surface area contributed by atoms with E-state index >= 15 is 0 Å². The predicted molar refractivity (Wildman–Crippen MR) is 130 cm³/mol. The summed E-state index contributed by atoms with van der Waals surface area (Å²) in [5.41, 5.74) is 3.82. The number of nitrogens with one attached hydrogen (secondary N) is 1. The number of carbonyl (C=O) groups excluding carboxylic acids is 2. The quantitative estimate of drug-likeness (QED) is 0.413. The molecule has 34 heavy (non-hydrogen) atoms. The molecule has 8 nitrogen and oxygen atoms in total. The zero-order valence-corrected chi connectivity index (χ0v) is 19.6. The van der Waals surface area contributed by atoms with E-state index in [0.29, 0.717) is 11.6 Å². The number of hydrogen-bond donors (Lipinski definition) is 1. The molecule has 0 radical (unpaired) electrons. The SMILES string of the molecule is CCOC(=O)c1cnn(-c2cc(C)c3cccc(C)c3n2)c1NC(=O)Cc1ccc(OC)cc1. The van der Waals surface area contributed by atoms with Crippen LogP contribution in [-0.4, -0.2) is 40.4 Å². The second-order valence-electron chi connectivity index (χ2n) is 7.88. The number of methoxy groups -OCH3 is 1. The second-order valence-corrected chi connectivity index (χ2v) is 7.88. The van der Waals surface area contributed by atoms with E-state index in [1.54, 1.807) is 26.2 Å². The highest BCUT2D eigenvalue weighted by Gasteiger charge is 2.23. The number of aromatic nitrogens is 3. The number of aryl methyl sites for hydroxylation is 2. The van der Waals surface area contributed by atoms with Crippen molar-refractivity contribution in [1.29, 1.82) is 0 Å². The molecule has 0 spiro atoms. The standard InChI is InChI=1S/C26H26N4O4/c1-5-34-26(32)21-15-27-30(22-13-17(3)20-8-6-7-16(2)24(20)28-22)25(21)29-23(31)14-18-9-11-19(33-4)12-10-18/h6-13,15H,5,14H2,1-4H3,(H,29,31). The number of ether oxygens (including phenoxy) is 2. The van der Waals surface area contributed by atoms with Crippen molar-refractivity contribution >= 4 is 28.6 Å². The number of rotatable bonds is 7. The monoisotopic (exact) mass is 458 g/mol. The average Bonchev–Trinajstić information content (AvgIpc) is 3.23. The molecule has 0 saturated carbocycles. The first-order valence-electron chi connectivity index (χ1n) is 11.0. The number of amides is 1. The lowest BCUT2D eigenvalue weighted by Gasteiger charge is -2.13. The molecule has 0 aliphatic carbocycles. The number of carbonyl (C=O) groups is 2. The summed E-state index contributed by atoms with van der Waals surface area (Å²) in [6.45, 7) is 5.91. The molecule has 4 rings (SSSR count). The number of hydrogen-bond acceptors (Lipinski definition) is 6. The number of pyridine rings is 1. The fourth-order valence-corrected chi connectivity index (χ4v) is 3.76. The van der Waals surface area contributed by atoms with Crippen molar-refractivity contribution in [1.82, 2.24) is 14.8 Å². The average molecular weight is 459 g/mol. The molecule has 2 heterocycles. The van der Waals surface area contributed by atoms with Gasteiger partial charge < -0.3 is 14.8 Å². The number of fused-ring (bicyclic) bond motifs is 1. The summed E-state index contributed by atoms with van der Waals surface area (Å²) in [7, 11) is 1.59. The van der Waals surface area contributed by atoms with E-state index in [9.17, 15) is 9.59 Å². The fourth-order valence-electron chi connectivity index (χ4n) is 3.76. The highest BCUT2D eigenvalue weighted by molar-refractivity contribution is 6.01. The number of para-hydroxylation sites is 1. The van der Waals surface area contributed by atoms with Crippen LogP contribution in [0, 0.1) is 13.8 Å². The summed E-state index contributed by atoms with van der Waals surface area (Å²) in [5.74, 6) is 0.555. The van der Waals surface area contributed by atoms with Crippen LogP contribution >= 0.6 is 0 Å². The van der Waals surface area contributed by atoms with E-state index in [1.165, 1.54) is 10.9 Å². The second kappa shape index (κ2) is 9.74. The Morgan fingerprint density at radius 3 is 2.53 bits per heavy atom. The predicted octanol–water partition coefficient (Wildman–Crippen LogP) is 4.40. The Bertz CT molecular complexity index is 1360. The lowest BCUT2D eigenvalue weighted by atomic mass is 10.1. The van der Waals surface area contributed by atoms with Gasteiger partial charge in [-0.05, 0) is 55.7 Å². The molecule has 0 fully saturated rings. The molecular formula is C26H26N4O4. The summed E-state index contributed by atoms with van der Waals surface area (Å²) in [6.07, 6.45) is 1.50. The largest absolute Gasteiger partial charge is 0.497 e. The number of benzene rings is 2. The van der Waals surface area contributed by atoms with Gasteiger partial charge in [0.05, 0.1) is 31.9 Å². The molecule has 2 aromatic heterocycles. The van der Waals surface area contributed by atoms with Crippen LogP contribution < -0.4 is 10.1 Å². The van der Waals surface area contributed by atoms with E-state index in [1.807, 2.05) is 50.2 Å². The molecule has 1 N–H and O–H groups in total. The number of esters is 1. The van der Waals surface area contributed by atoms with Gasteiger partial charge in [-0.3, -0.25) is 4.79 Å². The molecule has 0 saturated heterocycles. The van der Waals surface area contributed by atoms with Crippen LogP contribution in [-0.2, 0) is 16.0 Å². The molecule has 8 heteroatoms. The molecule has 1 amide bonds. The van der Waals surface area contributed by atoms with E-state index < -0.39 is 5.97 Å². The Morgan fingerprint density at radius 1 is 1.06 bits per heavy atom. The Balaban J connectivity index is 1.73. The fraction of sp³-hybridized carbons (Fsp3) is 0.231. The summed E-state index contributed by atoms with van der Waals surface area (Å²) >= 11 is 0. The van der Waals surface area contributed by atoms with Crippen LogP contribution in [0.25, 0.3) is 16.7 Å². The van der Waals surface area contributed by atoms with Crippen LogP contribution in [0.2, 0.25) is 0 Å². The Labute approximate surface area is 197 Å². The summed E-state index contributed by atoms with van der Waals surface area (Å²) in [6, 6.07) is 15.1. The topological polar surface area (TPSA) is 95.3 Å². The van der Waals surface area contributed by atoms with Crippen molar-refractivity contribution in [3.63, 3.8) is 0 Å². The zero-order valence-electron chi connectivity index (χ0n) is 19.6. The molecule has 174 valence electrons. The molecule has 4 aromatic rings. The Morgan fingerprint density at radius 2 is 1.82 bits per heavy atom. The lowest BCUT2D eigenvalue weighted by Crippen LogP contribution is -2.20. The van der Waals surface area contributed by atoms with Crippen LogP contribution in [0.3, 0.4) is 0 Å². The first-order chi connectivity index (χ1) is 16.4. The van der Waals surface area contributed by atoms with E-state index in [0.717, 1.165) is 27.6 Å². The third kappa shape index (κ3) is 4.61. The van der Waals surface area contributed by atoms with Gasteiger partial charge in [0.2, 0.25) is 5.91 Å². The summed E-state index contributed by atoms with van der Waals surface area (Å²) in [5, 5.41) is 8.25. The third-order valence-corrected chi connectivity index (χ3v) is 5.50. The minimum Gasteiger partial charge on any atom is -0.497 e. The summed E-state index contributed by atoms with van der Waals surface area (Å²) in [4.78, 5) is 30.3. The Hall–Kier alpha value is -4.20.